The van der Waals surface area contributed by atoms with Crippen LogP contribution in [0.1, 0.15) is 19.8 Å². The van der Waals surface area contributed by atoms with Crippen molar-refractivity contribution in [2.75, 3.05) is 19.6 Å². The third-order valence-electron chi connectivity index (χ3n) is 3.37. The summed E-state index contributed by atoms with van der Waals surface area (Å²) >= 11 is 9.19. The lowest BCUT2D eigenvalue weighted by molar-refractivity contribution is 0.335. The first-order valence-electron chi connectivity index (χ1n) is 6.64. The van der Waals surface area contributed by atoms with Crippen LogP contribution >= 0.6 is 27.5 Å². The largest absolute Gasteiger partial charge is 0.315 e. The molecule has 0 spiro atoms. The average Bonchev–Trinajstić information content (AvgIpc) is 2.88. The zero-order valence-electron chi connectivity index (χ0n) is 11.3. The molecule has 1 fully saturated rings. The van der Waals surface area contributed by atoms with Gasteiger partial charge in [0, 0.05) is 28.6 Å². The molecule has 1 heterocycles. The van der Waals surface area contributed by atoms with Crippen molar-refractivity contribution < 1.29 is 8.42 Å². The van der Waals surface area contributed by atoms with Gasteiger partial charge in [-0.2, -0.15) is 4.31 Å². The van der Waals surface area contributed by atoms with Gasteiger partial charge in [-0.1, -0.05) is 18.5 Å². The Morgan fingerprint density at radius 1 is 1.50 bits per heavy atom. The first-order chi connectivity index (χ1) is 9.46. The van der Waals surface area contributed by atoms with Crippen LogP contribution in [-0.2, 0) is 10.0 Å². The molecule has 1 aromatic rings. The van der Waals surface area contributed by atoms with Crippen LogP contribution in [-0.4, -0.2) is 38.4 Å². The van der Waals surface area contributed by atoms with Crippen molar-refractivity contribution in [3.8, 4) is 0 Å². The molecule has 0 bridgehead atoms. The molecule has 2 rings (SSSR count). The maximum atomic E-state index is 12.9. The lowest BCUT2D eigenvalue weighted by Gasteiger charge is -2.27. The normalized spacial score (nSPS) is 19.7. The van der Waals surface area contributed by atoms with Gasteiger partial charge in [0.1, 0.15) is 0 Å². The molecule has 1 unspecified atom stereocenters. The molecule has 20 heavy (non-hydrogen) atoms. The molecule has 1 aliphatic rings. The van der Waals surface area contributed by atoms with E-state index in [0.29, 0.717) is 22.6 Å². The lowest BCUT2D eigenvalue weighted by Crippen LogP contribution is -2.42. The monoisotopic (exact) mass is 380 g/mol. The highest BCUT2D eigenvalue weighted by molar-refractivity contribution is 9.10. The molecule has 0 aliphatic carbocycles. The van der Waals surface area contributed by atoms with Crippen LogP contribution in [0.2, 0.25) is 5.02 Å². The first kappa shape index (κ1) is 16.2. The van der Waals surface area contributed by atoms with Crippen LogP contribution in [0, 0.1) is 0 Å². The predicted molar refractivity (Wildman–Crippen MR) is 84.6 cm³/mol. The first-order valence-corrected chi connectivity index (χ1v) is 9.25. The van der Waals surface area contributed by atoms with Crippen LogP contribution in [0.15, 0.2) is 27.6 Å². The lowest BCUT2D eigenvalue weighted by atomic mass is 10.2. The Balaban J connectivity index is 2.39. The van der Waals surface area contributed by atoms with Crippen LogP contribution in [0.4, 0.5) is 0 Å². The fourth-order valence-corrected chi connectivity index (χ4v) is 5.51. The molecule has 1 atom stereocenters. The van der Waals surface area contributed by atoms with E-state index >= 15 is 0 Å². The van der Waals surface area contributed by atoms with Gasteiger partial charge in [-0.15, -0.1) is 0 Å². The molecule has 0 aromatic heterocycles. The second-order valence-electron chi connectivity index (χ2n) is 4.84. The topological polar surface area (TPSA) is 49.4 Å². The van der Waals surface area contributed by atoms with E-state index in [1.807, 2.05) is 6.92 Å². The van der Waals surface area contributed by atoms with E-state index < -0.39 is 10.0 Å². The Labute approximate surface area is 133 Å². The third-order valence-corrected chi connectivity index (χ3v) is 6.53. The Kier molecular flexibility index (Phi) is 5.48. The van der Waals surface area contributed by atoms with Crippen LogP contribution in [0.5, 0.6) is 0 Å². The summed E-state index contributed by atoms with van der Waals surface area (Å²) in [5.74, 6) is 0. The minimum absolute atomic E-state index is 0.0301. The highest BCUT2D eigenvalue weighted by atomic mass is 79.9. The van der Waals surface area contributed by atoms with Gasteiger partial charge < -0.3 is 5.32 Å². The van der Waals surface area contributed by atoms with Gasteiger partial charge in [-0.05, 0) is 53.5 Å². The summed E-state index contributed by atoms with van der Waals surface area (Å²) in [6.45, 7) is 4.10. The average molecular weight is 382 g/mol. The van der Waals surface area contributed by atoms with Crippen LogP contribution in [0.3, 0.4) is 0 Å². The molecule has 7 heteroatoms. The SMILES string of the molecule is CCCN(C1CCNC1)S(=O)(=O)c1ccc(Cl)cc1Br. The van der Waals surface area contributed by atoms with Gasteiger partial charge in [-0.3, -0.25) is 0 Å². The van der Waals surface area contributed by atoms with E-state index in [1.165, 1.54) is 0 Å². The predicted octanol–water partition coefficient (Wildman–Crippen LogP) is 2.87. The Morgan fingerprint density at radius 2 is 2.25 bits per heavy atom. The summed E-state index contributed by atoms with van der Waals surface area (Å²) in [4.78, 5) is 0.280. The number of hydrogen-bond acceptors (Lipinski definition) is 3. The molecule has 4 nitrogen and oxygen atoms in total. The number of hydrogen-bond donors (Lipinski definition) is 1. The molecule has 0 saturated carbocycles. The number of rotatable bonds is 5. The molecule has 0 radical (unpaired) electrons. The summed E-state index contributed by atoms with van der Waals surface area (Å²) in [7, 11) is -3.51. The smallest absolute Gasteiger partial charge is 0.244 e. The van der Waals surface area contributed by atoms with E-state index in [9.17, 15) is 8.42 Å². The summed E-state index contributed by atoms with van der Waals surface area (Å²) in [6, 6.07) is 4.82. The summed E-state index contributed by atoms with van der Waals surface area (Å²) in [5.41, 5.74) is 0. The van der Waals surface area contributed by atoms with Gasteiger partial charge >= 0.3 is 0 Å². The fourth-order valence-electron chi connectivity index (χ4n) is 2.42. The maximum absolute atomic E-state index is 12.9. The van der Waals surface area contributed by atoms with Gasteiger partial charge in [0.25, 0.3) is 0 Å². The van der Waals surface area contributed by atoms with E-state index in [0.717, 1.165) is 19.4 Å². The fraction of sp³-hybridized carbons (Fsp3) is 0.538. The highest BCUT2D eigenvalue weighted by Crippen LogP contribution is 2.29. The zero-order valence-corrected chi connectivity index (χ0v) is 14.4. The highest BCUT2D eigenvalue weighted by Gasteiger charge is 2.33. The summed E-state index contributed by atoms with van der Waals surface area (Å²) in [5, 5.41) is 3.73. The molecule has 1 N–H and O–H groups in total. The quantitative estimate of drug-likeness (QED) is 0.853. The van der Waals surface area contributed by atoms with Crippen molar-refractivity contribution in [1.29, 1.82) is 0 Å². The molecule has 112 valence electrons. The standard InChI is InChI=1S/C13H18BrClN2O2S/c1-2-7-17(11-5-6-16-9-11)20(18,19)13-4-3-10(15)8-12(13)14/h3-4,8,11,16H,2,5-7,9H2,1H3. The van der Waals surface area contributed by atoms with E-state index in [4.69, 9.17) is 11.6 Å². The number of sulfonamides is 1. The number of nitrogens with one attached hydrogen (secondary N) is 1. The van der Waals surface area contributed by atoms with Crippen molar-refractivity contribution in [3.63, 3.8) is 0 Å². The third kappa shape index (κ3) is 3.36. The zero-order chi connectivity index (χ0) is 14.8. The van der Waals surface area contributed by atoms with Crippen molar-refractivity contribution in [1.82, 2.24) is 9.62 Å². The Morgan fingerprint density at radius 3 is 2.80 bits per heavy atom. The van der Waals surface area contributed by atoms with Gasteiger partial charge in [-0.25, -0.2) is 8.42 Å². The number of nitrogens with zero attached hydrogens (tertiary/aromatic N) is 1. The van der Waals surface area contributed by atoms with Gasteiger partial charge in [0.05, 0.1) is 4.90 Å². The molecule has 1 aromatic carbocycles. The number of benzene rings is 1. The van der Waals surface area contributed by atoms with Crippen LogP contribution in [0.25, 0.3) is 0 Å². The van der Waals surface area contributed by atoms with Gasteiger partial charge in [0.2, 0.25) is 10.0 Å². The van der Waals surface area contributed by atoms with Crippen molar-refractivity contribution in [2.45, 2.75) is 30.7 Å². The molecule has 1 aliphatic heterocycles. The number of halogens is 2. The second kappa shape index (κ2) is 6.75. The second-order valence-corrected chi connectivity index (χ2v) is 7.99. The summed E-state index contributed by atoms with van der Waals surface area (Å²) < 4.78 is 27.9. The van der Waals surface area contributed by atoms with E-state index in [1.54, 1.807) is 22.5 Å². The minimum atomic E-state index is -3.51. The summed E-state index contributed by atoms with van der Waals surface area (Å²) in [6.07, 6.45) is 1.64. The molecule has 0 amide bonds. The molecule has 1 saturated heterocycles. The van der Waals surface area contributed by atoms with Crippen molar-refractivity contribution >= 4 is 37.6 Å². The Hall–Kier alpha value is -0.140. The maximum Gasteiger partial charge on any atom is 0.244 e. The molecular formula is C13H18BrClN2O2S. The van der Waals surface area contributed by atoms with Crippen molar-refractivity contribution in [3.05, 3.63) is 27.7 Å². The Bertz CT molecular complexity index is 574. The van der Waals surface area contributed by atoms with Crippen LogP contribution < -0.4 is 5.32 Å². The van der Waals surface area contributed by atoms with E-state index in [-0.39, 0.29) is 10.9 Å². The van der Waals surface area contributed by atoms with Crippen molar-refractivity contribution in [2.24, 2.45) is 0 Å². The molecular weight excluding hydrogens is 364 g/mol. The van der Waals surface area contributed by atoms with E-state index in [2.05, 4.69) is 21.2 Å². The minimum Gasteiger partial charge on any atom is -0.315 e. The van der Waals surface area contributed by atoms with Gasteiger partial charge in [0.15, 0.2) is 0 Å².